The highest BCUT2D eigenvalue weighted by Gasteiger charge is 2.57. The Hall–Kier alpha value is -1.26. The number of hydrogen-bond donors (Lipinski definition) is 1. The van der Waals surface area contributed by atoms with E-state index in [1.54, 1.807) is 7.11 Å². The first kappa shape index (κ1) is 14.3. The molecule has 0 aromatic heterocycles. The number of methoxy groups -OCH3 is 1. The van der Waals surface area contributed by atoms with Gasteiger partial charge in [0.05, 0.1) is 13.7 Å². The first-order chi connectivity index (χ1) is 10.7. The van der Waals surface area contributed by atoms with Gasteiger partial charge in [-0.25, -0.2) is 0 Å². The normalized spacial score (nSPS) is 32.5. The number of piperidine rings is 1. The lowest BCUT2D eigenvalue weighted by Crippen LogP contribution is -2.59. The van der Waals surface area contributed by atoms with E-state index in [0.717, 1.165) is 50.3 Å². The summed E-state index contributed by atoms with van der Waals surface area (Å²) in [7, 11) is 3.96. The Balaban J connectivity index is 1.85. The van der Waals surface area contributed by atoms with Crippen LogP contribution in [0.15, 0.2) is 12.1 Å². The zero-order valence-electron chi connectivity index (χ0n) is 13.5. The zero-order chi connectivity index (χ0) is 15.3. The van der Waals surface area contributed by atoms with Gasteiger partial charge in [0.25, 0.3) is 0 Å². The third-order valence-corrected chi connectivity index (χ3v) is 6.15. The molecule has 1 unspecified atom stereocenters. The summed E-state index contributed by atoms with van der Waals surface area (Å²) in [4.78, 5) is 2.51. The molecule has 2 heterocycles. The topological polar surface area (TPSA) is 41.9 Å². The molecule has 4 rings (SSSR count). The molecule has 0 amide bonds. The van der Waals surface area contributed by atoms with Gasteiger partial charge >= 0.3 is 0 Å². The van der Waals surface area contributed by atoms with Gasteiger partial charge in [-0.3, -0.25) is 0 Å². The highest BCUT2D eigenvalue weighted by Crippen LogP contribution is 2.58. The monoisotopic (exact) mass is 303 g/mol. The Morgan fingerprint density at radius 1 is 1.45 bits per heavy atom. The molecule has 22 heavy (non-hydrogen) atoms. The second kappa shape index (κ2) is 5.14. The first-order valence-electron chi connectivity index (χ1n) is 8.35. The van der Waals surface area contributed by atoms with Crippen molar-refractivity contribution in [1.29, 1.82) is 0 Å². The molecule has 1 spiro atoms. The van der Waals surface area contributed by atoms with Gasteiger partial charge in [-0.15, -0.1) is 0 Å². The van der Waals surface area contributed by atoms with Crippen LogP contribution in [0.1, 0.15) is 30.4 Å². The van der Waals surface area contributed by atoms with Crippen LogP contribution in [0.25, 0.3) is 0 Å². The molecule has 1 aromatic rings. The molecule has 1 aliphatic carbocycles. The number of nitrogens with zero attached hydrogens (tertiary/aromatic N) is 1. The first-order valence-corrected chi connectivity index (χ1v) is 8.35. The summed E-state index contributed by atoms with van der Waals surface area (Å²) in [6.07, 6.45) is 4.18. The van der Waals surface area contributed by atoms with Gasteiger partial charge < -0.3 is 19.5 Å². The fourth-order valence-corrected chi connectivity index (χ4v) is 5.09. The Kier molecular flexibility index (Phi) is 3.35. The van der Waals surface area contributed by atoms with E-state index in [2.05, 4.69) is 24.1 Å². The maximum absolute atomic E-state index is 9.31. The summed E-state index contributed by atoms with van der Waals surface area (Å²) in [6.45, 7) is 2.18. The number of hydrogen-bond acceptors (Lipinski definition) is 4. The molecule has 1 saturated heterocycles. The van der Waals surface area contributed by atoms with Gasteiger partial charge in [0.15, 0.2) is 11.5 Å². The van der Waals surface area contributed by atoms with Crippen LogP contribution in [-0.4, -0.2) is 50.0 Å². The van der Waals surface area contributed by atoms with Crippen molar-refractivity contribution in [2.45, 2.75) is 37.1 Å². The molecule has 4 nitrogen and oxygen atoms in total. The minimum absolute atomic E-state index is 0.129. The lowest BCUT2D eigenvalue weighted by molar-refractivity contribution is 0.0136. The predicted octanol–water partition coefficient (Wildman–Crippen LogP) is 1.97. The average Bonchev–Trinajstić information content (AvgIpc) is 2.92. The van der Waals surface area contributed by atoms with E-state index in [1.807, 2.05) is 0 Å². The SMILES string of the molecule is COc1ccc2c3c1OC[C@@]31CCN(C)C(C2)[C@@H]1CCCO. The minimum atomic E-state index is 0.129. The summed E-state index contributed by atoms with van der Waals surface area (Å²) in [5, 5.41) is 9.31. The average molecular weight is 303 g/mol. The summed E-state index contributed by atoms with van der Waals surface area (Å²) in [6, 6.07) is 4.85. The summed E-state index contributed by atoms with van der Waals surface area (Å²) in [5.74, 6) is 2.42. The second-order valence-corrected chi connectivity index (χ2v) is 7.05. The lowest BCUT2D eigenvalue weighted by atomic mass is 9.57. The van der Waals surface area contributed by atoms with Gasteiger partial charge in [-0.05, 0) is 56.8 Å². The van der Waals surface area contributed by atoms with Crippen molar-refractivity contribution in [3.63, 3.8) is 0 Å². The van der Waals surface area contributed by atoms with Crippen LogP contribution in [0.4, 0.5) is 0 Å². The maximum Gasteiger partial charge on any atom is 0.165 e. The van der Waals surface area contributed by atoms with Crippen LogP contribution in [0.2, 0.25) is 0 Å². The van der Waals surface area contributed by atoms with E-state index in [9.17, 15) is 5.11 Å². The number of aliphatic hydroxyl groups is 1. The third kappa shape index (κ3) is 1.77. The quantitative estimate of drug-likeness (QED) is 0.923. The predicted molar refractivity (Wildman–Crippen MR) is 84.7 cm³/mol. The maximum atomic E-state index is 9.31. The molecule has 2 aliphatic heterocycles. The zero-order valence-corrected chi connectivity index (χ0v) is 13.5. The molecule has 120 valence electrons. The number of fused-ring (bicyclic) bond motifs is 1. The molecule has 0 radical (unpaired) electrons. The Bertz CT molecular complexity index is 588. The largest absolute Gasteiger partial charge is 0.493 e. The smallest absolute Gasteiger partial charge is 0.165 e. The van der Waals surface area contributed by atoms with Crippen molar-refractivity contribution in [2.75, 3.05) is 33.9 Å². The van der Waals surface area contributed by atoms with Crippen LogP contribution in [0.3, 0.4) is 0 Å². The van der Waals surface area contributed by atoms with Crippen molar-refractivity contribution in [2.24, 2.45) is 5.92 Å². The van der Waals surface area contributed by atoms with E-state index in [0.29, 0.717) is 12.0 Å². The Morgan fingerprint density at radius 2 is 2.32 bits per heavy atom. The molecule has 4 heteroatoms. The molecular formula is C18H25NO3. The molecule has 2 bridgehead atoms. The Morgan fingerprint density at radius 3 is 3.09 bits per heavy atom. The number of rotatable bonds is 4. The third-order valence-electron chi connectivity index (χ3n) is 6.15. The van der Waals surface area contributed by atoms with Gasteiger partial charge in [0.1, 0.15) is 0 Å². The number of likely N-dealkylation sites (N-methyl/N-ethyl adjacent to an activating group) is 1. The molecule has 1 N–H and O–H groups in total. The van der Waals surface area contributed by atoms with Crippen molar-refractivity contribution in [3.05, 3.63) is 23.3 Å². The van der Waals surface area contributed by atoms with Crippen molar-refractivity contribution in [1.82, 2.24) is 4.90 Å². The second-order valence-electron chi connectivity index (χ2n) is 7.05. The van der Waals surface area contributed by atoms with E-state index in [4.69, 9.17) is 9.47 Å². The van der Waals surface area contributed by atoms with Crippen LogP contribution in [-0.2, 0) is 11.8 Å². The summed E-state index contributed by atoms with van der Waals surface area (Å²) < 4.78 is 11.7. The van der Waals surface area contributed by atoms with E-state index >= 15 is 0 Å². The molecule has 3 aliphatic rings. The van der Waals surface area contributed by atoms with Crippen molar-refractivity contribution in [3.8, 4) is 11.5 Å². The van der Waals surface area contributed by atoms with Gasteiger partial charge in [-0.2, -0.15) is 0 Å². The number of aliphatic hydroxyl groups excluding tert-OH is 1. The van der Waals surface area contributed by atoms with Gasteiger partial charge in [0.2, 0.25) is 0 Å². The highest BCUT2D eigenvalue weighted by atomic mass is 16.5. The van der Waals surface area contributed by atoms with E-state index < -0.39 is 0 Å². The fraction of sp³-hybridized carbons (Fsp3) is 0.667. The van der Waals surface area contributed by atoms with Crippen molar-refractivity contribution >= 4 is 0 Å². The number of benzene rings is 1. The summed E-state index contributed by atoms with van der Waals surface area (Å²) in [5.41, 5.74) is 2.98. The highest BCUT2D eigenvalue weighted by molar-refractivity contribution is 5.59. The molecule has 1 fully saturated rings. The standard InChI is InChI=1S/C18H25NO3/c1-19-8-7-18-11-22-17-15(21-2)6-5-12(16(17)18)10-14(19)13(18)4-3-9-20/h5-6,13-14,20H,3-4,7-11H2,1-2H3/t13-,14?,18+/m0/s1. The molecule has 3 atom stereocenters. The molecular weight excluding hydrogens is 278 g/mol. The van der Waals surface area contributed by atoms with Crippen LogP contribution in [0.5, 0.6) is 11.5 Å². The fourth-order valence-electron chi connectivity index (χ4n) is 5.09. The van der Waals surface area contributed by atoms with Crippen LogP contribution < -0.4 is 9.47 Å². The number of ether oxygens (including phenoxy) is 2. The van der Waals surface area contributed by atoms with Gasteiger partial charge in [0, 0.05) is 23.6 Å². The Labute approximate surface area is 132 Å². The summed E-state index contributed by atoms with van der Waals surface area (Å²) >= 11 is 0. The van der Waals surface area contributed by atoms with E-state index in [1.165, 1.54) is 11.1 Å². The van der Waals surface area contributed by atoms with Crippen molar-refractivity contribution < 1.29 is 14.6 Å². The van der Waals surface area contributed by atoms with Gasteiger partial charge in [-0.1, -0.05) is 6.07 Å². The molecule has 0 saturated carbocycles. The lowest BCUT2D eigenvalue weighted by Gasteiger charge is -2.53. The van der Waals surface area contributed by atoms with Crippen LogP contribution >= 0.6 is 0 Å². The number of likely N-dealkylation sites (tertiary alicyclic amines) is 1. The molecule has 1 aromatic carbocycles. The van der Waals surface area contributed by atoms with E-state index in [-0.39, 0.29) is 12.0 Å². The minimum Gasteiger partial charge on any atom is -0.493 e. The van der Waals surface area contributed by atoms with Crippen LogP contribution in [0, 0.1) is 5.92 Å².